The van der Waals surface area contributed by atoms with Crippen molar-refractivity contribution in [3.8, 4) is 5.75 Å². The van der Waals surface area contributed by atoms with E-state index in [2.05, 4.69) is 0 Å². The summed E-state index contributed by atoms with van der Waals surface area (Å²) in [6, 6.07) is 3.39. The number of nitrogens with two attached hydrogens (primary N) is 1. The average molecular weight is 352 g/mol. The van der Waals surface area contributed by atoms with E-state index in [9.17, 15) is 9.59 Å². The molecule has 1 aromatic carbocycles. The van der Waals surface area contributed by atoms with Gasteiger partial charge in [0.05, 0.1) is 23.4 Å². The molecule has 0 bridgehead atoms. The number of benzene rings is 1. The first-order valence-electron chi connectivity index (χ1n) is 8.23. The van der Waals surface area contributed by atoms with Crippen molar-refractivity contribution in [2.45, 2.75) is 31.7 Å². The molecule has 0 atom stereocenters. The van der Waals surface area contributed by atoms with Crippen LogP contribution >= 0.6 is 11.6 Å². The number of rotatable bonds is 3. The third-order valence-corrected chi connectivity index (χ3v) is 5.18. The fourth-order valence-corrected chi connectivity index (χ4v) is 3.67. The molecule has 0 aromatic heterocycles. The summed E-state index contributed by atoms with van der Waals surface area (Å²) in [4.78, 5) is 28.4. The lowest BCUT2D eigenvalue weighted by atomic mass is 10.0. The molecule has 6 nitrogen and oxygen atoms in total. The fraction of sp³-hybridized carbons (Fsp3) is 0.529. The molecule has 2 aliphatic heterocycles. The molecule has 2 saturated heterocycles. The molecule has 0 radical (unpaired) electrons. The van der Waals surface area contributed by atoms with E-state index in [-0.39, 0.29) is 17.9 Å². The summed E-state index contributed by atoms with van der Waals surface area (Å²) in [6.45, 7) is 2.09. The minimum Gasteiger partial charge on any atom is -0.496 e. The maximum Gasteiger partial charge on any atom is 0.257 e. The number of carbonyl (C=O) groups excluding carboxylic acids is 2. The maximum atomic E-state index is 12.8. The predicted molar refractivity (Wildman–Crippen MR) is 92.3 cm³/mol. The number of carbonyl (C=O) groups is 2. The molecule has 2 aliphatic rings. The lowest BCUT2D eigenvalue weighted by Crippen LogP contribution is -2.47. The highest BCUT2D eigenvalue weighted by Gasteiger charge is 2.32. The zero-order valence-corrected chi connectivity index (χ0v) is 14.5. The SMILES string of the molecule is COc1cc(N)c(Cl)cc1C(=O)N1CCC(N2CCCC2=O)CC1. The van der Waals surface area contributed by atoms with Crippen molar-refractivity contribution in [3.05, 3.63) is 22.7 Å². The fourth-order valence-electron chi connectivity index (χ4n) is 3.51. The molecule has 2 fully saturated rings. The summed E-state index contributed by atoms with van der Waals surface area (Å²) in [5.41, 5.74) is 6.58. The van der Waals surface area contributed by atoms with Crippen molar-refractivity contribution in [3.63, 3.8) is 0 Å². The standard InChI is InChI=1S/C17H22ClN3O3/c1-24-15-10-14(19)13(18)9-12(15)17(23)20-7-4-11(5-8-20)21-6-2-3-16(21)22/h9-11H,2-8,19H2,1H3. The van der Waals surface area contributed by atoms with Crippen LogP contribution in [0.3, 0.4) is 0 Å². The van der Waals surface area contributed by atoms with Gasteiger partial charge >= 0.3 is 0 Å². The third kappa shape index (κ3) is 3.15. The van der Waals surface area contributed by atoms with Crippen LogP contribution in [0.15, 0.2) is 12.1 Å². The summed E-state index contributed by atoms with van der Waals surface area (Å²) in [7, 11) is 1.50. The van der Waals surface area contributed by atoms with E-state index in [4.69, 9.17) is 22.1 Å². The monoisotopic (exact) mass is 351 g/mol. The van der Waals surface area contributed by atoms with Gasteiger partial charge in [0.1, 0.15) is 5.75 Å². The minimum absolute atomic E-state index is 0.111. The van der Waals surface area contributed by atoms with Crippen LogP contribution in [0.4, 0.5) is 5.69 Å². The van der Waals surface area contributed by atoms with E-state index in [1.54, 1.807) is 17.0 Å². The molecule has 7 heteroatoms. The Hall–Kier alpha value is -1.95. The Bertz CT molecular complexity index is 657. The van der Waals surface area contributed by atoms with Gasteiger partial charge in [-0.05, 0) is 25.3 Å². The smallest absolute Gasteiger partial charge is 0.257 e. The minimum atomic E-state index is -0.111. The van der Waals surface area contributed by atoms with E-state index >= 15 is 0 Å². The van der Waals surface area contributed by atoms with Gasteiger partial charge in [-0.15, -0.1) is 0 Å². The Morgan fingerprint density at radius 1 is 1.29 bits per heavy atom. The first-order valence-corrected chi connectivity index (χ1v) is 8.61. The number of likely N-dealkylation sites (tertiary alicyclic amines) is 2. The van der Waals surface area contributed by atoms with Crippen LogP contribution in [0.5, 0.6) is 5.75 Å². The van der Waals surface area contributed by atoms with Crippen LogP contribution in [0.1, 0.15) is 36.0 Å². The van der Waals surface area contributed by atoms with Crippen molar-refractivity contribution in [2.24, 2.45) is 0 Å². The van der Waals surface area contributed by atoms with Gasteiger partial charge in [0.15, 0.2) is 0 Å². The van der Waals surface area contributed by atoms with Gasteiger partial charge < -0.3 is 20.3 Å². The third-order valence-electron chi connectivity index (χ3n) is 4.85. The van der Waals surface area contributed by atoms with Crippen LogP contribution in [-0.2, 0) is 4.79 Å². The normalized spacial score (nSPS) is 19.0. The van der Waals surface area contributed by atoms with Crippen LogP contribution in [0.2, 0.25) is 5.02 Å². The Balaban J connectivity index is 1.69. The maximum absolute atomic E-state index is 12.8. The van der Waals surface area contributed by atoms with Crippen molar-refractivity contribution < 1.29 is 14.3 Å². The first-order chi connectivity index (χ1) is 11.5. The molecule has 130 valence electrons. The van der Waals surface area contributed by atoms with Crippen LogP contribution in [0.25, 0.3) is 0 Å². The largest absolute Gasteiger partial charge is 0.496 e. The van der Waals surface area contributed by atoms with Gasteiger partial charge in [-0.1, -0.05) is 11.6 Å². The zero-order chi connectivity index (χ0) is 17.3. The van der Waals surface area contributed by atoms with Gasteiger partial charge in [-0.2, -0.15) is 0 Å². The van der Waals surface area contributed by atoms with E-state index < -0.39 is 0 Å². The first kappa shape index (κ1) is 16.9. The number of hydrogen-bond donors (Lipinski definition) is 1. The second-order valence-corrected chi connectivity index (χ2v) is 6.70. The second-order valence-electron chi connectivity index (χ2n) is 6.29. The lowest BCUT2D eigenvalue weighted by molar-refractivity contribution is -0.130. The number of methoxy groups -OCH3 is 1. The summed E-state index contributed by atoms with van der Waals surface area (Å²) in [5, 5.41) is 0.344. The average Bonchev–Trinajstić information content (AvgIpc) is 3.02. The van der Waals surface area contributed by atoms with E-state index in [1.807, 2.05) is 4.90 Å². The summed E-state index contributed by atoms with van der Waals surface area (Å²) >= 11 is 6.06. The van der Waals surface area contributed by atoms with Gasteiger partial charge in [0.25, 0.3) is 5.91 Å². The number of ether oxygens (including phenoxy) is 1. The van der Waals surface area contributed by atoms with Crippen LogP contribution in [-0.4, -0.2) is 54.4 Å². The number of nitrogen functional groups attached to an aromatic ring is 1. The molecule has 0 spiro atoms. The number of anilines is 1. The van der Waals surface area contributed by atoms with Gasteiger partial charge in [-0.25, -0.2) is 0 Å². The molecule has 0 aliphatic carbocycles. The number of piperidine rings is 1. The van der Waals surface area contributed by atoms with Crippen molar-refractivity contribution in [1.82, 2.24) is 9.80 Å². The molecule has 24 heavy (non-hydrogen) atoms. The molecule has 1 aromatic rings. The Labute approximate surface area is 146 Å². The molecular weight excluding hydrogens is 330 g/mol. The quantitative estimate of drug-likeness (QED) is 0.847. The molecule has 2 N–H and O–H groups in total. The summed E-state index contributed by atoms with van der Waals surface area (Å²) in [6.07, 6.45) is 3.21. The van der Waals surface area contributed by atoms with E-state index in [0.717, 1.165) is 25.8 Å². The predicted octanol–water partition coefficient (Wildman–Crippen LogP) is 2.16. The Morgan fingerprint density at radius 2 is 2.00 bits per heavy atom. The van der Waals surface area contributed by atoms with E-state index in [1.165, 1.54) is 7.11 Å². The summed E-state index contributed by atoms with van der Waals surface area (Å²) < 4.78 is 5.27. The molecule has 0 unspecified atom stereocenters. The second kappa shape index (κ2) is 6.89. The van der Waals surface area contributed by atoms with Gasteiger partial charge in [0, 0.05) is 38.2 Å². The highest BCUT2D eigenvalue weighted by atomic mass is 35.5. The van der Waals surface area contributed by atoms with Gasteiger partial charge in [0.2, 0.25) is 5.91 Å². The topological polar surface area (TPSA) is 75.9 Å². The highest BCUT2D eigenvalue weighted by molar-refractivity contribution is 6.33. The molecule has 2 amide bonds. The molecule has 3 rings (SSSR count). The van der Waals surface area contributed by atoms with Crippen molar-refractivity contribution >= 4 is 29.1 Å². The Kier molecular flexibility index (Phi) is 4.85. The number of nitrogens with zero attached hydrogens (tertiary/aromatic N) is 2. The molecule has 0 saturated carbocycles. The van der Waals surface area contributed by atoms with E-state index in [0.29, 0.717) is 41.5 Å². The number of halogens is 1. The number of amides is 2. The van der Waals surface area contributed by atoms with Crippen LogP contribution in [0, 0.1) is 0 Å². The highest BCUT2D eigenvalue weighted by Crippen LogP contribution is 2.31. The Morgan fingerprint density at radius 3 is 2.58 bits per heavy atom. The summed E-state index contributed by atoms with van der Waals surface area (Å²) in [5.74, 6) is 0.561. The lowest BCUT2D eigenvalue weighted by Gasteiger charge is -2.36. The molecule has 2 heterocycles. The van der Waals surface area contributed by atoms with Crippen molar-refractivity contribution in [1.29, 1.82) is 0 Å². The van der Waals surface area contributed by atoms with Gasteiger partial charge in [-0.3, -0.25) is 9.59 Å². The van der Waals surface area contributed by atoms with Crippen molar-refractivity contribution in [2.75, 3.05) is 32.5 Å². The number of hydrogen-bond acceptors (Lipinski definition) is 4. The zero-order valence-electron chi connectivity index (χ0n) is 13.8. The van der Waals surface area contributed by atoms with Crippen LogP contribution < -0.4 is 10.5 Å². The molecular formula is C17H22ClN3O3.